The highest BCUT2D eigenvalue weighted by molar-refractivity contribution is 6.30. The molecular weight excluding hydrogens is 304 g/mol. The van der Waals surface area contributed by atoms with Gasteiger partial charge in [0, 0.05) is 11.6 Å². The van der Waals surface area contributed by atoms with Gasteiger partial charge in [-0.3, -0.25) is 9.59 Å². The Morgan fingerprint density at radius 2 is 1.74 bits per heavy atom. The topological polar surface area (TPSA) is 102 Å². The summed E-state index contributed by atoms with van der Waals surface area (Å²) in [5.74, 6) is -1.32. The van der Waals surface area contributed by atoms with Gasteiger partial charge < -0.3 is 24.4 Å². The lowest BCUT2D eigenvalue weighted by molar-refractivity contribution is -0.0374. The van der Waals surface area contributed by atoms with Crippen LogP contribution in [0.15, 0.2) is 29.0 Å². The van der Waals surface area contributed by atoms with Gasteiger partial charge in [0.1, 0.15) is 5.75 Å². The van der Waals surface area contributed by atoms with Crippen LogP contribution in [0.5, 0.6) is 17.2 Å². The van der Waals surface area contributed by atoms with Crippen molar-refractivity contribution in [1.29, 1.82) is 0 Å². The standard InChI is InChI=1S/C16H14O7/c1-6-4-7-10(16(20)23-6)15(19)11-8(21-2)5-9(22-3)14(18)12(11)13(7)17/h4-5,16,18,20H,1-3H3. The van der Waals surface area contributed by atoms with Gasteiger partial charge in [0.15, 0.2) is 17.3 Å². The number of aliphatic hydroxyl groups excluding tert-OH is 1. The maximum atomic E-state index is 12.8. The molecule has 120 valence electrons. The summed E-state index contributed by atoms with van der Waals surface area (Å²) in [7, 11) is 2.65. The van der Waals surface area contributed by atoms with Crippen LogP contribution in [0.2, 0.25) is 0 Å². The number of aromatic hydroxyl groups is 1. The molecule has 0 fully saturated rings. The summed E-state index contributed by atoms with van der Waals surface area (Å²) >= 11 is 0. The summed E-state index contributed by atoms with van der Waals surface area (Å²) in [6, 6.07) is 1.31. The van der Waals surface area contributed by atoms with E-state index >= 15 is 0 Å². The van der Waals surface area contributed by atoms with Crippen molar-refractivity contribution in [3.8, 4) is 17.2 Å². The number of carbonyl (C=O) groups excluding carboxylic acids is 2. The number of carbonyl (C=O) groups is 2. The Labute approximate surface area is 131 Å². The fraction of sp³-hybridized carbons (Fsp3) is 0.250. The van der Waals surface area contributed by atoms with Gasteiger partial charge in [-0.1, -0.05) is 0 Å². The average Bonchev–Trinajstić information content (AvgIpc) is 2.51. The van der Waals surface area contributed by atoms with Crippen molar-refractivity contribution in [2.24, 2.45) is 0 Å². The Hall–Kier alpha value is -2.80. The number of benzene rings is 1. The van der Waals surface area contributed by atoms with E-state index in [4.69, 9.17) is 14.2 Å². The highest BCUT2D eigenvalue weighted by atomic mass is 16.6. The van der Waals surface area contributed by atoms with Gasteiger partial charge in [0.25, 0.3) is 0 Å². The second-order valence-electron chi connectivity index (χ2n) is 5.09. The first-order valence-electron chi connectivity index (χ1n) is 6.75. The van der Waals surface area contributed by atoms with Crippen LogP contribution in [0.4, 0.5) is 0 Å². The largest absolute Gasteiger partial charge is 0.504 e. The van der Waals surface area contributed by atoms with Crippen LogP contribution in [0.1, 0.15) is 27.6 Å². The molecule has 1 aromatic carbocycles. The molecule has 0 bridgehead atoms. The van der Waals surface area contributed by atoms with Crippen molar-refractivity contribution < 1.29 is 34.0 Å². The van der Waals surface area contributed by atoms with E-state index in [2.05, 4.69) is 0 Å². The Kier molecular flexibility index (Phi) is 3.37. The van der Waals surface area contributed by atoms with Gasteiger partial charge in [-0.2, -0.15) is 0 Å². The molecule has 7 nitrogen and oxygen atoms in total. The highest BCUT2D eigenvalue weighted by Crippen LogP contribution is 2.45. The van der Waals surface area contributed by atoms with Crippen LogP contribution in [0.3, 0.4) is 0 Å². The number of methoxy groups -OCH3 is 2. The number of aliphatic hydroxyl groups is 1. The minimum absolute atomic E-state index is 0.00986. The number of fused-ring (bicyclic) bond motifs is 1. The van der Waals surface area contributed by atoms with Crippen molar-refractivity contribution in [3.63, 3.8) is 0 Å². The van der Waals surface area contributed by atoms with Gasteiger partial charge in [-0.25, -0.2) is 0 Å². The Bertz CT molecular complexity index is 801. The molecule has 1 aromatic rings. The quantitative estimate of drug-likeness (QED) is 0.848. The molecule has 1 atom stereocenters. The monoisotopic (exact) mass is 318 g/mol. The van der Waals surface area contributed by atoms with E-state index in [0.717, 1.165) is 0 Å². The lowest BCUT2D eigenvalue weighted by atomic mass is 9.81. The maximum absolute atomic E-state index is 12.8. The molecule has 3 rings (SSSR count). The van der Waals surface area contributed by atoms with E-state index in [1.165, 1.54) is 26.4 Å². The fourth-order valence-corrected chi connectivity index (χ4v) is 2.76. The highest BCUT2D eigenvalue weighted by Gasteiger charge is 2.42. The number of Topliss-reactive ketones (excluding diaryl/α,β-unsaturated/α-hetero) is 2. The van der Waals surface area contributed by atoms with Gasteiger partial charge in [0.2, 0.25) is 12.1 Å². The second-order valence-corrected chi connectivity index (χ2v) is 5.09. The Balaban J connectivity index is 2.35. The summed E-state index contributed by atoms with van der Waals surface area (Å²) in [6.07, 6.45) is -0.190. The predicted octanol–water partition coefficient (Wildman–Crippen LogP) is 1.34. The molecule has 0 radical (unpaired) electrons. The number of ketones is 2. The Morgan fingerprint density at radius 3 is 2.35 bits per heavy atom. The number of hydrogen-bond acceptors (Lipinski definition) is 7. The molecule has 0 saturated carbocycles. The lowest BCUT2D eigenvalue weighted by Crippen LogP contribution is -2.32. The van der Waals surface area contributed by atoms with Crippen LogP contribution >= 0.6 is 0 Å². The zero-order valence-electron chi connectivity index (χ0n) is 12.7. The molecule has 2 N–H and O–H groups in total. The van der Waals surface area contributed by atoms with E-state index in [-0.39, 0.29) is 39.5 Å². The summed E-state index contributed by atoms with van der Waals surface area (Å²) in [5, 5.41) is 20.3. The first-order valence-corrected chi connectivity index (χ1v) is 6.75. The zero-order chi connectivity index (χ0) is 16.9. The van der Waals surface area contributed by atoms with Gasteiger partial charge >= 0.3 is 0 Å². The summed E-state index contributed by atoms with van der Waals surface area (Å²) in [5.41, 5.74) is -0.506. The first kappa shape index (κ1) is 15.1. The number of allylic oxidation sites excluding steroid dienone is 3. The third-order valence-electron chi connectivity index (χ3n) is 3.79. The molecule has 7 heteroatoms. The average molecular weight is 318 g/mol. The first-order chi connectivity index (χ1) is 10.9. The Morgan fingerprint density at radius 1 is 1.09 bits per heavy atom. The van der Waals surface area contributed by atoms with Crippen molar-refractivity contribution in [2.45, 2.75) is 13.2 Å². The number of hydrogen-bond donors (Lipinski definition) is 2. The van der Waals surface area contributed by atoms with E-state index in [1.807, 2.05) is 0 Å². The SMILES string of the molecule is COc1cc(OC)c2c(c1O)C(=O)C1=C(C2=O)C(O)OC(C)=C1. The van der Waals surface area contributed by atoms with Crippen LogP contribution in [0.25, 0.3) is 0 Å². The molecule has 0 aromatic heterocycles. The molecule has 0 amide bonds. The van der Waals surface area contributed by atoms with Crippen molar-refractivity contribution >= 4 is 11.6 Å². The lowest BCUT2D eigenvalue weighted by Gasteiger charge is -2.28. The molecular formula is C16H14O7. The smallest absolute Gasteiger partial charge is 0.228 e. The minimum Gasteiger partial charge on any atom is -0.504 e. The molecule has 23 heavy (non-hydrogen) atoms. The molecule has 1 heterocycles. The summed E-state index contributed by atoms with van der Waals surface area (Å²) in [6.45, 7) is 1.55. The number of phenols is 1. The van der Waals surface area contributed by atoms with Crippen LogP contribution in [-0.4, -0.2) is 42.3 Å². The summed E-state index contributed by atoms with van der Waals surface area (Å²) in [4.78, 5) is 25.5. The third-order valence-corrected chi connectivity index (χ3v) is 3.79. The third kappa shape index (κ3) is 2.01. The molecule has 1 unspecified atom stereocenters. The normalized spacial score (nSPS) is 19.7. The second kappa shape index (κ2) is 5.13. The maximum Gasteiger partial charge on any atom is 0.228 e. The molecule has 2 aliphatic rings. The number of ether oxygens (including phenoxy) is 3. The van der Waals surface area contributed by atoms with E-state index in [0.29, 0.717) is 0 Å². The molecule has 0 spiro atoms. The van der Waals surface area contributed by atoms with Crippen LogP contribution in [0, 0.1) is 0 Å². The van der Waals surface area contributed by atoms with Crippen LogP contribution in [-0.2, 0) is 4.74 Å². The molecule has 1 aliphatic carbocycles. The van der Waals surface area contributed by atoms with Crippen molar-refractivity contribution in [2.75, 3.05) is 14.2 Å². The van der Waals surface area contributed by atoms with Crippen molar-refractivity contribution in [1.82, 2.24) is 0 Å². The van der Waals surface area contributed by atoms with E-state index < -0.39 is 23.6 Å². The number of phenolic OH excluding ortho intramolecular Hbond substituents is 1. The van der Waals surface area contributed by atoms with Gasteiger partial charge in [-0.15, -0.1) is 0 Å². The van der Waals surface area contributed by atoms with Gasteiger partial charge in [-0.05, 0) is 13.0 Å². The summed E-state index contributed by atoms with van der Waals surface area (Å²) < 4.78 is 15.3. The van der Waals surface area contributed by atoms with E-state index in [1.54, 1.807) is 6.92 Å². The molecule has 1 aliphatic heterocycles. The minimum atomic E-state index is -1.55. The zero-order valence-corrected chi connectivity index (χ0v) is 12.7. The van der Waals surface area contributed by atoms with E-state index in [9.17, 15) is 19.8 Å². The molecule has 0 saturated heterocycles. The predicted molar refractivity (Wildman–Crippen MR) is 77.7 cm³/mol. The van der Waals surface area contributed by atoms with Crippen LogP contribution < -0.4 is 9.47 Å². The van der Waals surface area contributed by atoms with Gasteiger partial charge in [0.05, 0.1) is 36.7 Å². The van der Waals surface area contributed by atoms with Crippen molar-refractivity contribution in [3.05, 3.63) is 40.2 Å². The number of rotatable bonds is 2. The fourth-order valence-electron chi connectivity index (χ4n) is 2.76.